The number of aliphatic hydroxyl groups excluding tert-OH is 1. The van der Waals surface area contributed by atoms with Gasteiger partial charge in [0.15, 0.2) is 0 Å². The molecule has 1 aliphatic rings. The van der Waals surface area contributed by atoms with Crippen LogP contribution < -0.4 is 10.6 Å². The van der Waals surface area contributed by atoms with E-state index in [0.717, 1.165) is 28.1 Å². The first-order chi connectivity index (χ1) is 18.8. The van der Waals surface area contributed by atoms with Gasteiger partial charge in [0, 0.05) is 35.2 Å². The first-order valence-electron chi connectivity index (χ1n) is 12.4. The van der Waals surface area contributed by atoms with Crippen LogP contribution in [0.1, 0.15) is 38.8 Å². The fourth-order valence-corrected chi connectivity index (χ4v) is 4.75. The smallest absolute Gasteiger partial charge is 0.254 e. The number of anilines is 2. The summed E-state index contributed by atoms with van der Waals surface area (Å²) in [6, 6.07) is 16.2. The third-order valence-electron chi connectivity index (χ3n) is 6.46. The van der Waals surface area contributed by atoms with Gasteiger partial charge in [0.25, 0.3) is 5.91 Å². The minimum absolute atomic E-state index is 0.126. The highest BCUT2D eigenvalue weighted by molar-refractivity contribution is 6.33. The summed E-state index contributed by atoms with van der Waals surface area (Å²) in [4.78, 5) is 40.5. The van der Waals surface area contributed by atoms with Gasteiger partial charge in [-0.05, 0) is 43.2 Å². The standard InChI is InChI=1S/C29H27ClN6O3/c1-17-4-3-5-19(10-17)25(16-37)34-26(38)15-36-14-21-7-6-20(12-23(21)28(36)39)27-24(30)13-32-29(35-27)33-22-8-9-31-18(2)11-22/h3-13,25,37H,14-16H2,1-2H3,(H,34,38)(H,31,32,33,35)/t25-/m1/s1. The molecule has 5 rings (SSSR count). The number of carbonyl (C=O) groups excluding carboxylic acids is 2. The van der Waals surface area contributed by atoms with Crippen molar-refractivity contribution in [1.82, 2.24) is 25.2 Å². The van der Waals surface area contributed by atoms with E-state index in [9.17, 15) is 14.7 Å². The quantitative estimate of drug-likeness (QED) is 0.302. The third kappa shape index (κ3) is 5.89. The second-order valence-corrected chi connectivity index (χ2v) is 9.86. The normalized spacial score (nSPS) is 13.2. The van der Waals surface area contributed by atoms with Crippen LogP contribution in [0, 0.1) is 13.8 Å². The van der Waals surface area contributed by atoms with Gasteiger partial charge in [-0.25, -0.2) is 9.97 Å². The molecule has 39 heavy (non-hydrogen) atoms. The van der Waals surface area contributed by atoms with Gasteiger partial charge in [-0.3, -0.25) is 14.6 Å². The number of benzene rings is 2. The zero-order valence-electron chi connectivity index (χ0n) is 21.5. The van der Waals surface area contributed by atoms with E-state index in [4.69, 9.17) is 11.6 Å². The van der Waals surface area contributed by atoms with Gasteiger partial charge in [-0.1, -0.05) is 53.6 Å². The van der Waals surface area contributed by atoms with E-state index in [1.807, 2.05) is 62.4 Å². The average molecular weight is 543 g/mol. The van der Waals surface area contributed by atoms with E-state index in [0.29, 0.717) is 34.3 Å². The SMILES string of the molecule is Cc1cccc([C@@H](CO)NC(=O)CN2Cc3ccc(-c4nc(Nc5ccnc(C)c5)ncc4Cl)cc3C2=O)c1. The number of nitrogens with zero attached hydrogens (tertiary/aromatic N) is 4. The zero-order valence-corrected chi connectivity index (χ0v) is 22.2. The highest BCUT2D eigenvalue weighted by atomic mass is 35.5. The number of aliphatic hydroxyl groups is 1. The lowest BCUT2D eigenvalue weighted by Crippen LogP contribution is -2.40. The van der Waals surface area contributed by atoms with Crippen molar-refractivity contribution in [2.75, 3.05) is 18.5 Å². The van der Waals surface area contributed by atoms with Gasteiger partial charge >= 0.3 is 0 Å². The van der Waals surface area contributed by atoms with Gasteiger partial charge in [-0.15, -0.1) is 0 Å². The number of hydrogen-bond acceptors (Lipinski definition) is 7. The minimum Gasteiger partial charge on any atom is -0.394 e. The lowest BCUT2D eigenvalue weighted by molar-refractivity contribution is -0.122. The molecule has 2 aromatic heterocycles. The molecule has 0 spiro atoms. The van der Waals surface area contributed by atoms with Crippen LogP contribution in [0.2, 0.25) is 5.02 Å². The molecule has 9 nitrogen and oxygen atoms in total. The number of rotatable bonds is 8. The van der Waals surface area contributed by atoms with E-state index < -0.39 is 6.04 Å². The number of fused-ring (bicyclic) bond motifs is 1. The van der Waals surface area contributed by atoms with Crippen molar-refractivity contribution in [3.8, 4) is 11.3 Å². The van der Waals surface area contributed by atoms with E-state index in [-0.39, 0.29) is 25.0 Å². The van der Waals surface area contributed by atoms with Crippen molar-refractivity contribution < 1.29 is 14.7 Å². The molecule has 1 aliphatic heterocycles. The van der Waals surface area contributed by atoms with Crippen molar-refractivity contribution >= 4 is 35.1 Å². The van der Waals surface area contributed by atoms with Crippen molar-refractivity contribution in [3.05, 3.63) is 100.0 Å². The lowest BCUT2D eigenvalue weighted by atomic mass is 10.0. The molecule has 0 bridgehead atoms. The number of hydrogen-bond donors (Lipinski definition) is 3. The first-order valence-corrected chi connectivity index (χ1v) is 12.8. The summed E-state index contributed by atoms with van der Waals surface area (Å²) in [5.41, 5.74) is 5.93. The van der Waals surface area contributed by atoms with Crippen LogP contribution in [0.3, 0.4) is 0 Å². The van der Waals surface area contributed by atoms with Crippen molar-refractivity contribution in [2.24, 2.45) is 0 Å². The lowest BCUT2D eigenvalue weighted by Gasteiger charge is -2.20. The minimum atomic E-state index is -0.553. The molecule has 10 heteroatoms. The maximum Gasteiger partial charge on any atom is 0.254 e. The van der Waals surface area contributed by atoms with Crippen LogP contribution in [-0.2, 0) is 11.3 Å². The first kappa shape index (κ1) is 26.3. The monoisotopic (exact) mass is 542 g/mol. The molecule has 3 heterocycles. The van der Waals surface area contributed by atoms with E-state index in [1.165, 1.54) is 11.1 Å². The highest BCUT2D eigenvalue weighted by Crippen LogP contribution is 2.32. The predicted molar refractivity (Wildman–Crippen MR) is 149 cm³/mol. The highest BCUT2D eigenvalue weighted by Gasteiger charge is 2.30. The maximum absolute atomic E-state index is 13.2. The number of aryl methyl sites for hydroxylation is 2. The van der Waals surface area contributed by atoms with E-state index in [1.54, 1.807) is 12.3 Å². The van der Waals surface area contributed by atoms with Crippen LogP contribution in [0.25, 0.3) is 11.3 Å². The Morgan fingerprint density at radius 2 is 1.97 bits per heavy atom. The molecule has 0 fully saturated rings. The number of aromatic nitrogens is 3. The summed E-state index contributed by atoms with van der Waals surface area (Å²) in [6.45, 7) is 3.77. The molecule has 1 atom stereocenters. The summed E-state index contributed by atoms with van der Waals surface area (Å²) in [7, 11) is 0. The molecular weight excluding hydrogens is 516 g/mol. The van der Waals surface area contributed by atoms with Crippen molar-refractivity contribution in [2.45, 2.75) is 26.4 Å². The number of nitrogens with one attached hydrogen (secondary N) is 2. The number of halogens is 1. The topological polar surface area (TPSA) is 120 Å². The van der Waals surface area contributed by atoms with Crippen LogP contribution >= 0.6 is 11.6 Å². The van der Waals surface area contributed by atoms with Crippen molar-refractivity contribution in [3.63, 3.8) is 0 Å². The third-order valence-corrected chi connectivity index (χ3v) is 6.73. The summed E-state index contributed by atoms with van der Waals surface area (Å²) >= 11 is 6.43. The number of amides is 2. The number of pyridine rings is 1. The molecule has 0 saturated heterocycles. The summed E-state index contributed by atoms with van der Waals surface area (Å²) < 4.78 is 0. The molecule has 0 saturated carbocycles. The molecule has 2 aromatic carbocycles. The second-order valence-electron chi connectivity index (χ2n) is 9.45. The van der Waals surface area contributed by atoms with Gasteiger partial charge in [-0.2, -0.15) is 0 Å². The zero-order chi connectivity index (χ0) is 27.5. The Morgan fingerprint density at radius 3 is 2.74 bits per heavy atom. The van der Waals surface area contributed by atoms with Crippen LogP contribution in [0.4, 0.5) is 11.6 Å². The predicted octanol–water partition coefficient (Wildman–Crippen LogP) is 4.36. The molecule has 2 amide bonds. The van der Waals surface area contributed by atoms with E-state index in [2.05, 4.69) is 25.6 Å². The maximum atomic E-state index is 13.2. The Hall–Kier alpha value is -4.34. The summed E-state index contributed by atoms with van der Waals surface area (Å²) in [6.07, 6.45) is 3.21. The fourth-order valence-electron chi connectivity index (χ4n) is 4.55. The Labute approximate surface area is 230 Å². The molecule has 0 aliphatic carbocycles. The average Bonchev–Trinajstić information content (AvgIpc) is 3.22. The molecule has 4 aromatic rings. The molecule has 0 unspecified atom stereocenters. The molecule has 0 radical (unpaired) electrons. The Balaban J connectivity index is 1.30. The molecular formula is C29H27ClN6O3. The van der Waals surface area contributed by atoms with E-state index >= 15 is 0 Å². The van der Waals surface area contributed by atoms with Crippen LogP contribution in [-0.4, -0.2) is 49.9 Å². The van der Waals surface area contributed by atoms with Crippen LogP contribution in [0.15, 0.2) is 67.0 Å². The largest absolute Gasteiger partial charge is 0.394 e. The Kier molecular flexibility index (Phi) is 7.53. The molecule has 198 valence electrons. The van der Waals surface area contributed by atoms with Gasteiger partial charge in [0.05, 0.1) is 29.6 Å². The summed E-state index contributed by atoms with van der Waals surface area (Å²) in [5, 5.41) is 16.2. The van der Waals surface area contributed by atoms with Gasteiger partial charge in [0.2, 0.25) is 11.9 Å². The number of carbonyl (C=O) groups is 2. The van der Waals surface area contributed by atoms with Gasteiger partial charge in [0.1, 0.15) is 6.54 Å². The van der Waals surface area contributed by atoms with Gasteiger partial charge < -0.3 is 20.6 Å². The Morgan fingerprint density at radius 1 is 1.13 bits per heavy atom. The van der Waals surface area contributed by atoms with Crippen molar-refractivity contribution in [1.29, 1.82) is 0 Å². The van der Waals surface area contributed by atoms with Crippen LogP contribution in [0.5, 0.6) is 0 Å². The fraction of sp³-hybridized carbons (Fsp3) is 0.207. The second kappa shape index (κ2) is 11.2. The molecule has 3 N–H and O–H groups in total. The Bertz CT molecular complexity index is 1560. The summed E-state index contributed by atoms with van der Waals surface area (Å²) in [5.74, 6) is -0.246.